The predicted molar refractivity (Wildman–Crippen MR) is 89.7 cm³/mol. The van der Waals surface area contributed by atoms with Crippen LogP contribution in [0.2, 0.25) is 0 Å². The molecule has 0 radical (unpaired) electrons. The largest absolute Gasteiger partial charge is 0.313 e. The van der Waals surface area contributed by atoms with Gasteiger partial charge in [0, 0.05) is 23.1 Å². The summed E-state index contributed by atoms with van der Waals surface area (Å²) in [5.41, 5.74) is 0.329. The molecular formula is C13H20BrFN2O2S2. The van der Waals surface area contributed by atoms with Crippen molar-refractivity contribution in [1.82, 2.24) is 10.0 Å². The van der Waals surface area contributed by atoms with Crippen molar-refractivity contribution in [1.29, 1.82) is 0 Å². The Balaban J connectivity index is 2.97. The molecule has 0 unspecified atom stereocenters. The maximum atomic E-state index is 14.4. The van der Waals surface area contributed by atoms with Crippen LogP contribution >= 0.6 is 27.7 Å². The number of nitrogens with one attached hydrogen (secondary N) is 2. The van der Waals surface area contributed by atoms with E-state index >= 15 is 0 Å². The Bertz CT molecular complexity index is 568. The van der Waals surface area contributed by atoms with E-state index in [1.807, 2.05) is 13.2 Å². The van der Waals surface area contributed by atoms with Gasteiger partial charge in [0.05, 0.1) is 0 Å². The molecule has 0 saturated carbocycles. The zero-order valence-electron chi connectivity index (χ0n) is 12.1. The second-order valence-electron chi connectivity index (χ2n) is 4.40. The van der Waals surface area contributed by atoms with Gasteiger partial charge in [-0.1, -0.05) is 22.9 Å². The standard InChI is InChI=1S/C13H20BrFN2O2S2/c1-3-16-9-10-7-11(14)8-12(13(10)15)21(18,19)17-5-4-6-20-2/h7-8,16-17H,3-6,9H2,1-2H3. The van der Waals surface area contributed by atoms with Crippen LogP contribution in [0.3, 0.4) is 0 Å². The highest BCUT2D eigenvalue weighted by molar-refractivity contribution is 9.10. The molecule has 0 amide bonds. The Labute approximate surface area is 138 Å². The lowest BCUT2D eigenvalue weighted by Gasteiger charge is -2.11. The fraction of sp³-hybridized carbons (Fsp3) is 0.538. The van der Waals surface area contributed by atoms with E-state index in [4.69, 9.17) is 0 Å². The summed E-state index contributed by atoms with van der Waals surface area (Å²) in [7, 11) is -3.83. The fourth-order valence-electron chi connectivity index (χ4n) is 1.70. The molecule has 21 heavy (non-hydrogen) atoms. The normalized spacial score (nSPS) is 11.8. The van der Waals surface area contributed by atoms with Gasteiger partial charge in [0.2, 0.25) is 10.0 Å². The average Bonchev–Trinajstić information content (AvgIpc) is 2.44. The number of hydrogen-bond donors (Lipinski definition) is 2. The van der Waals surface area contributed by atoms with Gasteiger partial charge >= 0.3 is 0 Å². The van der Waals surface area contributed by atoms with Crippen molar-refractivity contribution in [2.75, 3.05) is 25.1 Å². The molecule has 0 saturated heterocycles. The first kappa shape index (κ1) is 18.9. The van der Waals surface area contributed by atoms with E-state index in [2.05, 4.69) is 26.0 Å². The predicted octanol–water partition coefficient (Wildman–Crippen LogP) is 2.73. The first-order valence-corrected chi connectivity index (χ1v) is 10.3. The second-order valence-corrected chi connectivity index (χ2v) is 8.04. The van der Waals surface area contributed by atoms with Crippen molar-refractivity contribution < 1.29 is 12.8 Å². The Morgan fingerprint density at radius 3 is 2.71 bits per heavy atom. The van der Waals surface area contributed by atoms with Gasteiger partial charge in [-0.3, -0.25) is 0 Å². The van der Waals surface area contributed by atoms with Gasteiger partial charge in [-0.15, -0.1) is 0 Å². The molecule has 0 atom stereocenters. The molecule has 0 heterocycles. The minimum Gasteiger partial charge on any atom is -0.313 e. The van der Waals surface area contributed by atoms with Crippen LogP contribution in [0.1, 0.15) is 18.9 Å². The molecule has 1 aromatic rings. The number of sulfonamides is 1. The van der Waals surface area contributed by atoms with Gasteiger partial charge in [0.15, 0.2) is 0 Å². The van der Waals surface area contributed by atoms with Crippen molar-refractivity contribution in [2.45, 2.75) is 24.8 Å². The molecule has 1 rings (SSSR count). The van der Waals surface area contributed by atoms with E-state index in [0.29, 0.717) is 29.5 Å². The quantitative estimate of drug-likeness (QED) is 0.627. The molecule has 0 aliphatic carbocycles. The van der Waals surface area contributed by atoms with Crippen LogP contribution in [0.4, 0.5) is 4.39 Å². The average molecular weight is 399 g/mol. The van der Waals surface area contributed by atoms with E-state index < -0.39 is 15.8 Å². The third kappa shape index (κ3) is 5.86. The van der Waals surface area contributed by atoms with E-state index in [-0.39, 0.29) is 11.4 Å². The monoisotopic (exact) mass is 398 g/mol. The summed E-state index contributed by atoms with van der Waals surface area (Å²) < 4.78 is 41.7. The first-order valence-electron chi connectivity index (χ1n) is 6.59. The smallest absolute Gasteiger partial charge is 0.243 e. The zero-order chi connectivity index (χ0) is 15.9. The highest BCUT2D eigenvalue weighted by Gasteiger charge is 2.21. The molecule has 0 fully saturated rings. The molecule has 0 spiro atoms. The van der Waals surface area contributed by atoms with Crippen molar-refractivity contribution in [2.24, 2.45) is 0 Å². The van der Waals surface area contributed by atoms with Crippen LogP contribution in [0.25, 0.3) is 0 Å². The molecule has 0 aliphatic heterocycles. The van der Waals surface area contributed by atoms with Crippen molar-refractivity contribution in [3.8, 4) is 0 Å². The van der Waals surface area contributed by atoms with Crippen LogP contribution in [0.5, 0.6) is 0 Å². The molecule has 120 valence electrons. The van der Waals surface area contributed by atoms with Crippen molar-refractivity contribution >= 4 is 37.7 Å². The topological polar surface area (TPSA) is 58.2 Å². The van der Waals surface area contributed by atoms with Crippen LogP contribution < -0.4 is 10.0 Å². The summed E-state index contributed by atoms with van der Waals surface area (Å²) >= 11 is 4.88. The summed E-state index contributed by atoms with van der Waals surface area (Å²) in [6, 6.07) is 2.88. The number of halogens is 2. The lowest BCUT2D eigenvalue weighted by molar-refractivity contribution is 0.543. The maximum Gasteiger partial charge on any atom is 0.243 e. The third-order valence-electron chi connectivity index (χ3n) is 2.75. The van der Waals surface area contributed by atoms with Gasteiger partial charge in [0.1, 0.15) is 10.7 Å². The van der Waals surface area contributed by atoms with Gasteiger partial charge in [-0.2, -0.15) is 11.8 Å². The van der Waals surface area contributed by atoms with Crippen LogP contribution in [0, 0.1) is 5.82 Å². The van der Waals surface area contributed by atoms with Crippen LogP contribution in [-0.2, 0) is 16.6 Å². The number of hydrogen-bond acceptors (Lipinski definition) is 4. The summed E-state index contributed by atoms with van der Waals surface area (Å²) in [4.78, 5) is -0.311. The minimum absolute atomic E-state index is 0.288. The molecule has 0 aromatic heterocycles. The van der Waals surface area contributed by atoms with Crippen molar-refractivity contribution in [3.05, 3.63) is 28.0 Å². The number of rotatable bonds is 9. The molecule has 8 heteroatoms. The lowest BCUT2D eigenvalue weighted by atomic mass is 10.2. The Morgan fingerprint density at radius 2 is 2.10 bits per heavy atom. The summed E-state index contributed by atoms with van der Waals surface area (Å²) in [5.74, 6) is 0.159. The highest BCUT2D eigenvalue weighted by Crippen LogP contribution is 2.24. The SMILES string of the molecule is CCNCc1cc(Br)cc(S(=O)(=O)NCCCSC)c1F. The molecule has 0 aliphatic rings. The Hall–Kier alpha value is -0.150. The Morgan fingerprint density at radius 1 is 1.38 bits per heavy atom. The molecular weight excluding hydrogens is 379 g/mol. The third-order valence-corrected chi connectivity index (χ3v) is 5.37. The summed E-state index contributed by atoms with van der Waals surface area (Å²) in [6.45, 7) is 3.18. The molecule has 2 N–H and O–H groups in total. The van der Waals surface area contributed by atoms with Gasteiger partial charge in [-0.05, 0) is 37.1 Å². The second kappa shape index (κ2) is 9.09. The minimum atomic E-state index is -3.83. The highest BCUT2D eigenvalue weighted by atomic mass is 79.9. The number of thioether (sulfide) groups is 1. The van der Waals surface area contributed by atoms with Gasteiger partial charge < -0.3 is 5.32 Å². The summed E-state index contributed by atoms with van der Waals surface area (Å²) in [6.07, 6.45) is 2.66. The first-order chi connectivity index (χ1) is 9.92. The van der Waals surface area contributed by atoms with E-state index in [9.17, 15) is 12.8 Å². The zero-order valence-corrected chi connectivity index (χ0v) is 15.3. The van der Waals surface area contributed by atoms with E-state index in [1.165, 1.54) is 6.07 Å². The number of benzene rings is 1. The Kier molecular flexibility index (Phi) is 8.18. The van der Waals surface area contributed by atoms with E-state index in [1.54, 1.807) is 17.8 Å². The lowest BCUT2D eigenvalue weighted by Crippen LogP contribution is -2.26. The molecule has 1 aromatic carbocycles. The maximum absolute atomic E-state index is 14.4. The van der Waals surface area contributed by atoms with Crippen molar-refractivity contribution in [3.63, 3.8) is 0 Å². The van der Waals surface area contributed by atoms with Gasteiger partial charge in [0.25, 0.3) is 0 Å². The van der Waals surface area contributed by atoms with E-state index in [0.717, 1.165) is 5.75 Å². The summed E-state index contributed by atoms with van der Waals surface area (Å²) in [5, 5.41) is 2.99. The molecule has 4 nitrogen and oxygen atoms in total. The van der Waals surface area contributed by atoms with Crippen LogP contribution in [-0.4, -0.2) is 33.5 Å². The fourth-order valence-corrected chi connectivity index (χ4v) is 4.01. The molecule has 0 bridgehead atoms. The van der Waals surface area contributed by atoms with Crippen LogP contribution in [0.15, 0.2) is 21.5 Å². The van der Waals surface area contributed by atoms with Gasteiger partial charge in [-0.25, -0.2) is 17.5 Å².